The molecule has 1 heterocycles. The van der Waals surface area contributed by atoms with Crippen LogP contribution in [-0.4, -0.2) is 11.9 Å². The summed E-state index contributed by atoms with van der Waals surface area (Å²) >= 11 is 0. The molecule has 0 bridgehead atoms. The molecule has 108 valence electrons. The van der Waals surface area contributed by atoms with E-state index in [1.165, 1.54) is 11.1 Å². The number of benzene rings is 2. The second kappa shape index (κ2) is 4.73. The highest BCUT2D eigenvalue weighted by Crippen LogP contribution is 2.49. The van der Waals surface area contributed by atoms with Gasteiger partial charge in [-0.05, 0) is 37.5 Å². The van der Waals surface area contributed by atoms with Gasteiger partial charge in [0.15, 0.2) is 0 Å². The van der Waals surface area contributed by atoms with E-state index in [9.17, 15) is 4.79 Å². The molecule has 1 unspecified atom stereocenters. The van der Waals surface area contributed by atoms with Gasteiger partial charge in [0.25, 0.3) is 0 Å². The highest BCUT2D eigenvalue weighted by atomic mass is 16.1. The molecular weight excluding hydrogens is 258 g/mol. The molecule has 2 aromatic carbocycles. The molecule has 0 saturated heterocycles. The van der Waals surface area contributed by atoms with Crippen LogP contribution in [0.1, 0.15) is 38.3 Å². The summed E-state index contributed by atoms with van der Waals surface area (Å²) in [6.45, 7) is 6.56. The number of para-hydroxylation sites is 1. The lowest BCUT2D eigenvalue weighted by atomic mass is 9.65. The van der Waals surface area contributed by atoms with Crippen molar-refractivity contribution in [2.45, 2.75) is 38.1 Å². The van der Waals surface area contributed by atoms with Crippen LogP contribution < -0.4 is 4.90 Å². The van der Waals surface area contributed by atoms with Crippen molar-refractivity contribution in [2.75, 3.05) is 4.90 Å². The zero-order valence-corrected chi connectivity index (χ0v) is 12.8. The monoisotopic (exact) mass is 279 g/mol. The fraction of sp³-hybridized carbons (Fsp3) is 0.316. The lowest BCUT2D eigenvalue weighted by Gasteiger charge is -2.50. The molecule has 1 amide bonds. The van der Waals surface area contributed by atoms with Gasteiger partial charge in [-0.2, -0.15) is 0 Å². The van der Waals surface area contributed by atoms with E-state index in [1.807, 2.05) is 23.1 Å². The van der Waals surface area contributed by atoms with Crippen LogP contribution in [-0.2, 0) is 10.2 Å². The molecule has 1 aliphatic rings. The van der Waals surface area contributed by atoms with Gasteiger partial charge in [0, 0.05) is 16.6 Å². The van der Waals surface area contributed by atoms with Crippen molar-refractivity contribution in [3.05, 3.63) is 65.7 Å². The third-order valence-electron chi connectivity index (χ3n) is 4.71. The Morgan fingerprint density at radius 1 is 0.952 bits per heavy atom. The van der Waals surface area contributed by atoms with Gasteiger partial charge in [0.2, 0.25) is 6.41 Å². The molecule has 0 aliphatic carbocycles. The standard InChI is InChI=1S/C19H21NO/c1-18(2)13-19(3,15-9-5-4-6-10-15)16-11-7-8-12-17(16)20(18)14-21/h4-12,14H,13H2,1-3H3. The zero-order chi connectivity index (χ0) is 15.1. The van der Waals surface area contributed by atoms with E-state index in [0.29, 0.717) is 0 Å². The Kier molecular flexibility index (Phi) is 3.12. The van der Waals surface area contributed by atoms with Crippen molar-refractivity contribution in [2.24, 2.45) is 0 Å². The Morgan fingerprint density at radius 2 is 1.57 bits per heavy atom. The number of hydrogen-bond donors (Lipinski definition) is 0. The molecule has 1 aliphatic heterocycles. The second-order valence-corrected chi connectivity index (χ2v) is 6.68. The fourth-order valence-corrected chi connectivity index (χ4v) is 3.79. The first kappa shape index (κ1) is 13.9. The zero-order valence-electron chi connectivity index (χ0n) is 12.8. The summed E-state index contributed by atoms with van der Waals surface area (Å²) in [4.78, 5) is 13.5. The summed E-state index contributed by atoms with van der Waals surface area (Å²) in [5, 5.41) is 0. The van der Waals surface area contributed by atoms with E-state index in [0.717, 1.165) is 18.5 Å². The molecule has 2 aromatic rings. The molecule has 3 rings (SSSR count). The van der Waals surface area contributed by atoms with Crippen molar-refractivity contribution < 1.29 is 4.79 Å². The van der Waals surface area contributed by atoms with Gasteiger partial charge in [0.05, 0.1) is 0 Å². The smallest absolute Gasteiger partial charge is 0.214 e. The molecule has 0 aromatic heterocycles. The first-order chi connectivity index (χ1) is 9.99. The molecule has 2 heteroatoms. The highest BCUT2D eigenvalue weighted by Gasteiger charge is 2.45. The van der Waals surface area contributed by atoms with Gasteiger partial charge < -0.3 is 4.90 Å². The Bertz CT molecular complexity index is 662. The molecule has 2 nitrogen and oxygen atoms in total. The summed E-state index contributed by atoms with van der Waals surface area (Å²) in [6, 6.07) is 18.8. The SMILES string of the molecule is CC1(c2ccccc2)CC(C)(C)N(C=O)c2ccccc21. The quantitative estimate of drug-likeness (QED) is 0.757. The third-order valence-corrected chi connectivity index (χ3v) is 4.71. The van der Waals surface area contributed by atoms with E-state index >= 15 is 0 Å². The number of rotatable bonds is 2. The fourth-order valence-electron chi connectivity index (χ4n) is 3.79. The number of fused-ring (bicyclic) bond motifs is 1. The molecule has 0 radical (unpaired) electrons. The summed E-state index contributed by atoms with van der Waals surface area (Å²) in [6.07, 6.45) is 1.86. The maximum atomic E-state index is 11.6. The summed E-state index contributed by atoms with van der Waals surface area (Å²) in [5.74, 6) is 0. The number of amides is 1. The summed E-state index contributed by atoms with van der Waals surface area (Å²) < 4.78 is 0. The van der Waals surface area contributed by atoms with Gasteiger partial charge >= 0.3 is 0 Å². The largest absolute Gasteiger partial charge is 0.309 e. The minimum atomic E-state index is -0.208. The Hall–Kier alpha value is -2.09. The number of hydrogen-bond acceptors (Lipinski definition) is 1. The first-order valence-corrected chi connectivity index (χ1v) is 7.39. The average molecular weight is 279 g/mol. The first-order valence-electron chi connectivity index (χ1n) is 7.39. The van der Waals surface area contributed by atoms with Gasteiger partial charge in [-0.1, -0.05) is 55.5 Å². The Balaban J connectivity index is 2.26. The van der Waals surface area contributed by atoms with Crippen molar-refractivity contribution in [3.63, 3.8) is 0 Å². The van der Waals surface area contributed by atoms with Crippen LogP contribution in [0.5, 0.6) is 0 Å². The van der Waals surface area contributed by atoms with Crippen molar-refractivity contribution >= 4 is 12.1 Å². The van der Waals surface area contributed by atoms with Crippen LogP contribution in [0.2, 0.25) is 0 Å². The van der Waals surface area contributed by atoms with Gasteiger partial charge in [-0.3, -0.25) is 4.79 Å². The minimum absolute atomic E-state index is 0.0825. The van der Waals surface area contributed by atoms with Crippen LogP contribution in [0.4, 0.5) is 5.69 Å². The van der Waals surface area contributed by atoms with Gasteiger partial charge in [-0.15, -0.1) is 0 Å². The van der Waals surface area contributed by atoms with Crippen molar-refractivity contribution in [3.8, 4) is 0 Å². The van der Waals surface area contributed by atoms with Gasteiger partial charge in [-0.25, -0.2) is 0 Å². The molecule has 0 saturated carbocycles. The predicted octanol–water partition coefficient (Wildman–Crippen LogP) is 4.14. The Morgan fingerprint density at radius 3 is 2.24 bits per heavy atom. The van der Waals surface area contributed by atoms with E-state index in [-0.39, 0.29) is 11.0 Å². The van der Waals surface area contributed by atoms with Crippen molar-refractivity contribution in [1.82, 2.24) is 0 Å². The highest BCUT2D eigenvalue weighted by molar-refractivity contribution is 5.82. The number of anilines is 1. The number of nitrogens with zero attached hydrogens (tertiary/aromatic N) is 1. The summed E-state index contributed by atoms with van der Waals surface area (Å²) in [5.41, 5.74) is 3.26. The molecule has 1 atom stereocenters. The molecule has 0 fully saturated rings. The van der Waals surface area contributed by atoms with Crippen LogP contribution in [0.25, 0.3) is 0 Å². The van der Waals surface area contributed by atoms with Crippen LogP contribution >= 0.6 is 0 Å². The van der Waals surface area contributed by atoms with E-state index in [2.05, 4.69) is 57.2 Å². The maximum absolute atomic E-state index is 11.6. The number of carbonyl (C=O) groups excluding carboxylic acids is 1. The lowest BCUT2D eigenvalue weighted by molar-refractivity contribution is -0.108. The van der Waals surface area contributed by atoms with Crippen LogP contribution in [0.3, 0.4) is 0 Å². The molecule has 21 heavy (non-hydrogen) atoms. The average Bonchev–Trinajstić information content (AvgIpc) is 2.48. The summed E-state index contributed by atoms with van der Waals surface area (Å²) in [7, 11) is 0. The maximum Gasteiger partial charge on any atom is 0.214 e. The predicted molar refractivity (Wildman–Crippen MR) is 86.6 cm³/mol. The molecular formula is C19H21NO. The van der Waals surface area contributed by atoms with E-state index in [1.54, 1.807) is 0 Å². The topological polar surface area (TPSA) is 20.3 Å². The third kappa shape index (κ3) is 2.06. The normalized spacial score (nSPS) is 23.5. The number of carbonyl (C=O) groups is 1. The van der Waals surface area contributed by atoms with E-state index in [4.69, 9.17) is 0 Å². The Labute approximate surface area is 126 Å². The second-order valence-electron chi connectivity index (χ2n) is 6.68. The van der Waals surface area contributed by atoms with Crippen molar-refractivity contribution in [1.29, 1.82) is 0 Å². The lowest BCUT2D eigenvalue weighted by Crippen LogP contribution is -2.52. The minimum Gasteiger partial charge on any atom is -0.309 e. The van der Waals surface area contributed by atoms with Crippen LogP contribution in [0, 0.1) is 0 Å². The van der Waals surface area contributed by atoms with E-state index < -0.39 is 0 Å². The molecule has 0 spiro atoms. The van der Waals surface area contributed by atoms with Gasteiger partial charge in [0.1, 0.15) is 0 Å². The molecule has 0 N–H and O–H groups in total. The van der Waals surface area contributed by atoms with Crippen LogP contribution in [0.15, 0.2) is 54.6 Å².